The minimum Gasteiger partial charge on any atom is -0.465 e. The predicted octanol–water partition coefficient (Wildman–Crippen LogP) is 2.47. The molecule has 1 N–H and O–H groups in total. The van der Waals surface area contributed by atoms with Gasteiger partial charge < -0.3 is 10.1 Å². The summed E-state index contributed by atoms with van der Waals surface area (Å²) in [7, 11) is 1.39. The van der Waals surface area contributed by atoms with Crippen molar-refractivity contribution >= 4 is 5.97 Å². The number of aromatic nitrogens is 2. The standard InChI is InChI=1S/C17H19N3O2/c1-22-17(21)13-6-4-12(5-7-13)16-11-14(8-10-18-16)15-3-2-9-19-20-15/h2-7,9,14,16,18H,8,10-11H2,1H3. The minimum absolute atomic E-state index is 0.271. The van der Waals surface area contributed by atoms with E-state index in [0.717, 1.165) is 25.1 Å². The van der Waals surface area contributed by atoms with E-state index in [1.165, 1.54) is 12.7 Å². The monoisotopic (exact) mass is 297 g/mol. The Morgan fingerprint density at radius 1 is 1.27 bits per heavy atom. The van der Waals surface area contributed by atoms with Gasteiger partial charge in [0.05, 0.1) is 18.4 Å². The lowest BCUT2D eigenvalue weighted by Crippen LogP contribution is -2.31. The van der Waals surface area contributed by atoms with Crippen LogP contribution in [0.2, 0.25) is 0 Å². The van der Waals surface area contributed by atoms with Crippen molar-refractivity contribution in [2.45, 2.75) is 24.8 Å². The fraction of sp³-hybridized carbons (Fsp3) is 0.353. The molecule has 1 aromatic heterocycles. The fourth-order valence-electron chi connectivity index (χ4n) is 2.94. The van der Waals surface area contributed by atoms with E-state index >= 15 is 0 Å². The van der Waals surface area contributed by atoms with Crippen LogP contribution in [0.15, 0.2) is 42.6 Å². The predicted molar refractivity (Wildman–Crippen MR) is 82.5 cm³/mol. The lowest BCUT2D eigenvalue weighted by molar-refractivity contribution is 0.0600. The van der Waals surface area contributed by atoms with Crippen molar-refractivity contribution < 1.29 is 9.53 Å². The fourth-order valence-corrected chi connectivity index (χ4v) is 2.94. The van der Waals surface area contributed by atoms with Crippen molar-refractivity contribution in [2.75, 3.05) is 13.7 Å². The van der Waals surface area contributed by atoms with Crippen LogP contribution in [0.25, 0.3) is 0 Å². The summed E-state index contributed by atoms with van der Waals surface area (Å²) in [6.45, 7) is 0.949. The van der Waals surface area contributed by atoms with Crippen molar-refractivity contribution in [3.05, 3.63) is 59.4 Å². The van der Waals surface area contributed by atoms with Crippen LogP contribution in [0.3, 0.4) is 0 Å². The first-order valence-electron chi connectivity index (χ1n) is 7.47. The van der Waals surface area contributed by atoms with Gasteiger partial charge in [0.2, 0.25) is 0 Å². The minimum atomic E-state index is -0.305. The van der Waals surface area contributed by atoms with Crippen molar-refractivity contribution in [3.8, 4) is 0 Å². The van der Waals surface area contributed by atoms with Gasteiger partial charge in [-0.15, -0.1) is 0 Å². The van der Waals surface area contributed by atoms with Crippen LogP contribution in [-0.4, -0.2) is 29.8 Å². The van der Waals surface area contributed by atoms with Crippen molar-refractivity contribution in [1.29, 1.82) is 0 Å². The Kier molecular flexibility index (Phi) is 4.44. The van der Waals surface area contributed by atoms with E-state index in [1.807, 2.05) is 36.4 Å². The molecule has 1 fully saturated rings. The van der Waals surface area contributed by atoms with E-state index in [1.54, 1.807) is 6.20 Å². The zero-order valence-electron chi connectivity index (χ0n) is 12.5. The summed E-state index contributed by atoms with van der Waals surface area (Å²) in [4.78, 5) is 11.5. The van der Waals surface area contributed by atoms with Gasteiger partial charge in [0.25, 0.3) is 0 Å². The van der Waals surface area contributed by atoms with E-state index in [0.29, 0.717) is 11.5 Å². The highest BCUT2D eigenvalue weighted by molar-refractivity contribution is 5.89. The molecule has 0 amide bonds. The third kappa shape index (κ3) is 3.14. The molecule has 0 saturated carbocycles. The van der Waals surface area contributed by atoms with E-state index in [-0.39, 0.29) is 12.0 Å². The van der Waals surface area contributed by atoms with E-state index in [9.17, 15) is 4.79 Å². The van der Waals surface area contributed by atoms with Gasteiger partial charge in [0, 0.05) is 18.2 Å². The number of ether oxygens (including phenoxy) is 1. The van der Waals surface area contributed by atoms with Gasteiger partial charge in [-0.1, -0.05) is 12.1 Å². The lowest BCUT2D eigenvalue weighted by atomic mass is 9.86. The number of benzene rings is 1. The van der Waals surface area contributed by atoms with Gasteiger partial charge in [0.1, 0.15) is 0 Å². The molecule has 22 heavy (non-hydrogen) atoms. The van der Waals surface area contributed by atoms with Crippen molar-refractivity contribution in [2.24, 2.45) is 0 Å². The number of hydrogen-bond acceptors (Lipinski definition) is 5. The maximum Gasteiger partial charge on any atom is 0.337 e. The third-order valence-corrected chi connectivity index (χ3v) is 4.15. The van der Waals surface area contributed by atoms with Gasteiger partial charge in [-0.25, -0.2) is 4.79 Å². The molecule has 1 aliphatic heterocycles. The highest BCUT2D eigenvalue weighted by atomic mass is 16.5. The number of piperidine rings is 1. The molecule has 1 saturated heterocycles. The Labute approximate surface area is 129 Å². The van der Waals surface area contributed by atoms with Crippen molar-refractivity contribution in [1.82, 2.24) is 15.5 Å². The molecular weight excluding hydrogens is 278 g/mol. The maximum absolute atomic E-state index is 11.5. The van der Waals surface area contributed by atoms with Gasteiger partial charge in [-0.05, 0) is 49.2 Å². The summed E-state index contributed by atoms with van der Waals surface area (Å²) in [6.07, 6.45) is 3.75. The van der Waals surface area contributed by atoms with Crippen LogP contribution in [0.1, 0.15) is 46.4 Å². The number of esters is 1. The molecule has 2 unspecified atom stereocenters. The van der Waals surface area contributed by atoms with Gasteiger partial charge in [0.15, 0.2) is 0 Å². The molecule has 2 atom stereocenters. The van der Waals surface area contributed by atoms with Crippen molar-refractivity contribution in [3.63, 3.8) is 0 Å². The number of hydrogen-bond donors (Lipinski definition) is 1. The van der Waals surface area contributed by atoms with E-state index in [4.69, 9.17) is 4.74 Å². The molecule has 3 rings (SSSR count). The Bertz CT molecular complexity index is 628. The molecule has 0 spiro atoms. The van der Waals surface area contributed by atoms with Crippen LogP contribution in [0.5, 0.6) is 0 Å². The largest absolute Gasteiger partial charge is 0.465 e. The lowest BCUT2D eigenvalue weighted by Gasteiger charge is -2.30. The number of nitrogens with zero attached hydrogens (tertiary/aromatic N) is 2. The SMILES string of the molecule is COC(=O)c1ccc(C2CC(c3cccnn3)CCN2)cc1. The average Bonchev–Trinajstić information content (AvgIpc) is 2.62. The van der Waals surface area contributed by atoms with Gasteiger partial charge >= 0.3 is 5.97 Å². The molecule has 5 heteroatoms. The summed E-state index contributed by atoms with van der Waals surface area (Å²) in [5, 5.41) is 11.7. The molecule has 5 nitrogen and oxygen atoms in total. The van der Waals surface area contributed by atoms with Crippen LogP contribution in [-0.2, 0) is 4.74 Å². The molecule has 1 aliphatic rings. The topological polar surface area (TPSA) is 64.1 Å². The first kappa shape index (κ1) is 14.7. The molecule has 0 radical (unpaired) electrons. The van der Waals surface area contributed by atoms with E-state index < -0.39 is 0 Å². The third-order valence-electron chi connectivity index (χ3n) is 4.15. The second-order valence-corrected chi connectivity index (χ2v) is 5.49. The molecular formula is C17H19N3O2. The Hall–Kier alpha value is -2.27. The normalized spacial score (nSPS) is 21.3. The number of rotatable bonds is 3. The number of carbonyl (C=O) groups is 1. The summed E-state index contributed by atoms with van der Waals surface area (Å²) >= 11 is 0. The summed E-state index contributed by atoms with van der Waals surface area (Å²) in [5.41, 5.74) is 2.81. The Balaban J connectivity index is 1.73. The second-order valence-electron chi connectivity index (χ2n) is 5.49. The zero-order valence-corrected chi connectivity index (χ0v) is 12.5. The maximum atomic E-state index is 11.5. The Morgan fingerprint density at radius 3 is 2.77 bits per heavy atom. The summed E-state index contributed by atoms with van der Waals surface area (Å²) in [5.74, 6) is 0.112. The molecule has 2 heterocycles. The Morgan fingerprint density at radius 2 is 2.09 bits per heavy atom. The van der Waals surface area contributed by atoms with Crippen LogP contribution in [0.4, 0.5) is 0 Å². The average molecular weight is 297 g/mol. The smallest absolute Gasteiger partial charge is 0.337 e. The quantitative estimate of drug-likeness (QED) is 0.882. The first-order chi connectivity index (χ1) is 10.8. The zero-order chi connectivity index (χ0) is 15.4. The van der Waals surface area contributed by atoms with E-state index in [2.05, 4.69) is 15.5 Å². The molecule has 114 valence electrons. The first-order valence-corrected chi connectivity index (χ1v) is 7.47. The number of methoxy groups -OCH3 is 1. The molecule has 2 aromatic rings. The van der Waals surface area contributed by atoms with Gasteiger partial charge in [-0.2, -0.15) is 10.2 Å². The van der Waals surface area contributed by atoms with Crippen LogP contribution < -0.4 is 5.32 Å². The second kappa shape index (κ2) is 6.66. The summed E-state index contributed by atoms with van der Waals surface area (Å²) in [6, 6.07) is 11.9. The number of nitrogens with one attached hydrogen (secondary N) is 1. The highest BCUT2D eigenvalue weighted by Crippen LogP contribution is 2.33. The summed E-state index contributed by atoms with van der Waals surface area (Å²) < 4.78 is 4.73. The van der Waals surface area contributed by atoms with Crippen LogP contribution >= 0.6 is 0 Å². The van der Waals surface area contributed by atoms with Gasteiger partial charge in [-0.3, -0.25) is 0 Å². The van der Waals surface area contributed by atoms with Crippen LogP contribution in [0, 0.1) is 0 Å². The molecule has 0 aliphatic carbocycles. The molecule has 1 aromatic carbocycles. The molecule has 0 bridgehead atoms. The highest BCUT2D eigenvalue weighted by Gasteiger charge is 2.25. The number of carbonyl (C=O) groups excluding carboxylic acids is 1.